The summed E-state index contributed by atoms with van der Waals surface area (Å²) in [5.74, 6) is 1.35. The summed E-state index contributed by atoms with van der Waals surface area (Å²) in [6.45, 7) is 5.43. The van der Waals surface area contributed by atoms with Gasteiger partial charge in [0.25, 0.3) is 0 Å². The smallest absolute Gasteiger partial charge is 0.137 e. The highest BCUT2D eigenvalue weighted by Crippen LogP contribution is 2.09. The topological polar surface area (TPSA) is 48.1 Å². The standard InChI is InChI=1S/C10H16N2O/c1-8(2)7-13-10-4-3-9(5-11)12-6-10/h3-4,6,8H,5,7,11H2,1-2H3. The van der Waals surface area contributed by atoms with Crippen LogP contribution in [0.25, 0.3) is 0 Å². The van der Waals surface area contributed by atoms with E-state index in [1.54, 1.807) is 6.20 Å². The maximum Gasteiger partial charge on any atom is 0.137 e. The van der Waals surface area contributed by atoms with Crippen LogP contribution >= 0.6 is 0 Å². The number of nitrogens with two attached hydrogens (primary N) is 1. The van der Waals surface area contributed by atoms with E-state index in [1.165, 1.54) is 0 Å². The van der Waals surface area contributed by atoms with E-state index in [9.17, 15) is 0 Å². The van der Waals surface area contributed by atoms with Crippen LogP contribution in [0, 0.1) is 5.92 Å². The van der Waals surface area contributed by atoms with E-state index in [2.05, 4.69) is 18.8 Å². The van der Waals surface area contributed by atoms with Gasteiger partial charge in [0.2, 0.25) is 0 Å². The molecule has 0 unspecified atom stereocenters. The van der Waals surface area contributed by atoms with Gasteiger partial charge in [-0.3, -0.25) is 4.98 Å². The summed E-state index contributed by atoms with van der Waals surface area (Å²) in [7, 11) is 0. The van der Waals surface area contributed by atoms with Gasteiger partial charge in [-0.1, -0.05) is 13.8 Å². The Kier molecular flexibility index (Phi) is 3.71. The van der Waals surface area contributed by atoms with E-state index in [4.69, 9.17) is 10.5 Å². The quantitative estimate of drug-likeness (QED) is 0.765. The summed E-state index contributed by atoms with van der Waals surface area (Å²) in [4.78, 5) is 4.13. The maximum atomic E-state index is 5.46. The molecule has 1 aromatic heterocycles. The Hall–Kier alpha value is -1.09. The van der Waals surface area contributed by atoms with E-state index in [0.29, 0.717) is 12.5 Å². The lowest BCUT2D eigenvalue weighted by Gasteiger charge is -2.07. The van der Waals surface area contributed by atoms with Crippen molar-refractivity contribution >= 4 is 0 Å². The zero-order valence-corrected chi connectivity index (χ0v) is 8.16. The second-order valence-corrected chi connectivity index (χ2v) is 3.39. The first-order chi connectivity index (χ1) is 6.22. The minimum atomic E-state index is 0.477. The summed E-state index contributed by atoms with van der Waals surface area (Å²) >= 11 is 0. The van der Waals surface area contributed by atoms with Crippen LogP contribution < -0.4 is 10.5 Å². The van der Waals surface area contributed by atoms with E-state index in [1.807, 2.05) is 12.1 Å². The van der Waals surface area contributed by atoms with Crippen LogP contribution in [0.5, 0.6) is 5.75 Å². The highest BCUT2D eigenvalue weighted by molar-refractivity contribution is 5.19. The van der Waals surface area contributed by atoms with Crippen LogP contribution in [0.2, 0.25) is 0 Å². The number of rotatable bonds is 4. The third-order valence-corrected chi connectivity index (χ3v) is 1.59. The molecule has 13 heavy (non-hydrogen) atoms. The molecule has 3 heteroatoms. The number of hydrogen-bond donors (Lipinski definition) is 1. The Bertz CT molecular complexity index is 244. The Morgan fingerprint density at radius 1 is 1.46 bits per heavy atom. The summed E-state index contributed by atoms with van der Waals surface area (Å²) in [6, 6.07) is 3.78. The predicted molar refractivity (Wildman–Crippen MR) is 52.5 cm³/mol. The van der Waals surface area contributed by atoms with Crippen molar-refractivity contribution in [2.75, 3.05) is 6.61 Å². The minimum absolute atomic E-state index is 0.477. The molecule has 72 valence electrons. The molecule has 0 radical (unpaired) electrons. The van der Waals surface area contributed by atoms with Crippen molar-refractivity contribution in [1.29, 1.82) is 0 Å². The number of hydrogen-bond acceptors (Lipinski definition) is 3. The molecule has 0 aliphatic carbocycles. The Balaban J connectivity index is 2.49. The average molecular weight is 180 g/mol. The van der Waals surface area contributed by atoms with Gasteiger partial charge in [0.15, 0.2) is 0 Å². The number of pyridine rings is 1. The van der Waals surface area contributed by atoms with E-state index in [0.717, 1.165) is 18.1 Å². The van der Waals surface area contributed by atoms with Crippen LogP contribution in [0.3, 0.4) is 0 Å². The highest BCUT2D eigenvalue weighted by Gasteiger charge is 1.97. The summed E-state index contributed by atoms with van der Waals surface area (Å²) in [6.07, 6.45) is 1.71. The lowest BCUT2D eigenvalue weighted by Crippen LogP contribution is -2.05. The molecule has 0 bridgehead atoms. The Labute approximate surface area is 78.9 Å². The third kappa shape index (κ3) is 3.42. The molecule has 0 saturated heterocycles. The molecule has 0 aromatic carbocycles. The van der Waals surface area contributed by atoms with Crippen molar-refractivity contribution in [3.63, 3.8) is 0 Å². The molecule has 0 spiro atoms. The minimum Gasteiger partial charge on any atom is -0.492 e. The Morgan fingerprint density at radius 2 is 2.23 bits per heavy atom. The van der Waals surface area contributed by atoms with Crippen LogP contribution in [0.1, 0.15) is 19.5 Å². The number of aromatic nitrogens is 1. The van der Waals surface area contributed by atoms with Crippen LogP contribution in [-0.4, -0.2) is 11.6 Å². The first kappa shape index (κ1) is 9.99. The Morgan fingerprint density at radius 3 is 2.69 bits per heavy atom. The van der Waals surface area contributed by atoms with Gasteiger partial charge in [-0.25, -0.2) is 0 Å². The summed E-state index contributed by atoms with van der Waals surface area (Å²) < 4.78 is 5.46. The van der Waals surface area contributed by atoms with Crippen molar-refractivity contribution < 1.29 is 4.74 Å². The van der Waals surface area contributed by atoms with Gasteiger partial charge in [-0.2, -0.15) is 0 Å². The van der Waals surface area contributed by atoms with Crippen LogP contribution in [0.4, 0.5) is 0 Å². The van der Waals surface area contributed by atoms with Gasteiger partial charge in [0, 0.05) is 6.54 Å². The lowest BCUT2D eigenvalue weighted by atomic mass is 10.2. The first-order valence-electron chi connectivity index (χ1n) is 4.50. The fourth-order valence-electron chi connectivity index (χ4n) is 0.880. The maximum absolute atomic E-state index is 5.46. The van der Waals surface area contributed by atoms with E-state index in [-0.39, 0.29) is 0 Å². The molecular formula is C10H16N2O. The SMILES string of the molecule is CC(C)COc1ccc(CN)nc1. The largest absolute Gasteiger partial charge is 0.492 e. The van der Waals surface area contributed by atoms with Gasteiger partial charge in [0.1, 0.15) is 5.75 Å². The van der Waals surface area contributed by atoms with E-state index < -0.39 is 0 Å². The molecule has 2 N–H and O–H groups in total. The molecule has 0 aliphatic rings. The van der Waals surface area contributed by atoms with Crippen LogP contribution in [-0.2, 0) is 6.54 Å². The fraction of sp³-hybridized carbons (Fsp3) is 0.500. The molecule has 3 nitrogen and oxygen atoms in total. The zero-order chi connectivity index (χ0) is 9.68. The van der Waals surface area contributed by atoms with Gasteiger partial charge in [0.05, 0.1) is 18.5 Å². The number of nitrogens with zero attached hydrogens (tertiary/aromatic N) is 1. The molecule has 0 amide bonds. The van der Waals surface area contributed by atoms with Gasteiger partial charge in [-0.15, -0.1) is 0 Å². The number of ether oxygens (including phenoxy) is 1. The van der Waals surface area contributed by atoms with Crippen molar-refractivity contribution in [3.8, 4) is 5.75 Å². The predicted octanol–water partition coefficient (Wildman–Crippen LogP) is 1.58. The summed E-state index contributed by atoms with van der Waals surface area (Å²) in [5, 5.41) is 0. The van der Waals surface area contributed by atoms with Gasteiger partial charge < -0.3 is 10.5 Å². The molecule has 0 fully saturated rings. The van der Waals surface area contributed by atoms with Gasteiger partial charge >= 0.3 is 0 Å². The fourth-order valence-corrected chi connectivity index (χ4v) is 0.880. The molecule has 0 saturated carbocycles. The normalized spacial score (nSPS) is 10.5. The van der Waals surface area contributed by atoms with E-state index >= 15 is 0 Å². The van der Waals surface area contributed by atoms with Crippen molar-refractivity contribution in [2.24, 2.45) is 11.7 Å². The monoisotopic (exact) mass is 180 g/mol. The van der Waals surface area contributed by atoms with Crippen molar-refractivity contribution in [2.45, 2.75) is 20.4 Å². The van der Waals surface area contributed by atoms with Gasteiger partial charge in [-0.05, 0) is 18.1 Å². The highest BCUT2D eigenvalue weighted by atomic mass is 16.5. The molecule has 0 aliphatic heterocycles. The average Bonchev–Trinajstić information content (AvgIpc) is 2.15. The third-order valence-electron chi connectivity index (χ3n) is 1.59. The second-order valence-electron chi connectivity index (χ2n) is 3.39. The molecule has 1 aromatic rings. The molecule has 0 atom stereocenters. The zero-order valence-electron chi connectivity index (χ0n) is 8.16. The second kappa shape index (κ2) is 4.82. The lowest BCUT2D eigenvalue weighted by molar-refractivity contribution is 0.270. The molecule has 1 heterocycles. The van der Waals surface area contributed by atoms with Crippen molar-refractivity contribution in [1.82, 2.24) is 4.98 Å². The molecular weight excluding hydrogens is 164 g/mol. The van der Waals surface area contributed by atoms with Crippen LogP contribution in [0.15, 0.2) is 18.3 Å². The van der Waals surface area contributed by atoms with Crippen molar-refractivity contribution in [3.05, 3.63) is 24.0 Å². The summed E-state index contributed by atoms with van der Waals surface area (Å²) in [5.41, 5.74) is 6.30. The molecule has 1 rings (SSSR count). The first-order valence-corrected chi connectivity index (χ1v) is 4.50.